The normalized spacial score (nSPS) is 16.3. The molecule has 114 valence electrons. The second kappa shape index (κ2) is 6.32. The third-order valence-corrected chi connectivity index (χ3v) is 4.02. The quantitative estimate of drug-likeness (QED) is 0.852. The molecule has 0 N–H and O–H groups in total. The highest BCUT2D eigenvalue weighted by Crippen LogP contribution is 2.36. The molecule has 0 saturated carbocycles. The second-order valence-electron chi connectivity index (χ2n) is 5.39. The summed E-state index contributed by atoms with van der Waals surface area (Å²) in [5, 5.41) is 4.45. The van der Waals surface area contributed by atoms with Gasteiger partial charge < -0.3 is 4.90 Å². The number of carbonyl (C=O) groups excluding carboxylic acids is 1. The minimum Gasteiger partial charge on any atom is -0.329 e. The number of aryl methyl sites for hydroxylation is 1. The first-order chi connectivity index (χ1) is 10.6. The van der Waals surface area contributed by atoms with E-state index >= 15 is 0 Å². The molecule has 0 saturated heterocycles. The van der Waals surface area contributed by atoms with Crippen molar-refractivity contribution >= 4 is 17.5 Å². The van der Waals surface area contributed by atoms with Crippen LogP contribution >= 0.6 is 11.6 Å². The number of benzene rings is 1. The molecule has 3 rings (SSSR count). The highest BCUT2D eigenvalue weighted by Gasteiger charge is 2.31. The number of aromatic nitrogens is 3. The van der Waals surface area contributed by atoms with E-state index in [9.17, 15) is 4.79 Å². The summed E-state index contributed by atoms with van der Waals surface area (Å²) in [5.41, 5.74) is 2.50. The average Bonchev–Trinajstić information content (AvgIpc) is 3.13. The van der Waals surface area contributed by atoms with Gasteiger partial charge in [0, 0.05) is 5.03 Å². The Labute approximate surface area is 134 Å². The zero-order valence-electron chi connectivity index (χ0n) is 12.2. The van der Waals surface area contributed by atoms with Crippen LogP contribution in [0.5, 0.6) is 0 Å². The van der Waals surface area contributed by atoms with Crippen LogP contribution in [0.25, 0.3) is 0 Å². The molecule has 1 aliphatic rings. The van der Waals surface area contributed by atoms with Gasteiger partial charge in [0.25, 0.3) is 0 Å². The minimum atomic E-state index is -0.0333. The maximum absolute atomic E-state index is 12.7. The molecular weight excluding hydrogens is 300 g/mol. The van der Waals surface area contributed by atoms with E-state index in [2.05, 4.69) is 28.8 Å². The number of nitrogens with zero attached hydrogens (tertiary/aromatic N) is 4. The highest BCUT2D eigenvalue weighted by atomic mass is 35.5. The van der Waals surface area contributed by atoms with Gasteiger partial charge in [0.15, 0.2) is 0 Å². The Bertz CT molecular complexity index is 683. The predicted molar refractivity (Wildman–Crippen MR) is 84.2 cm³/mol. The van der Waals surface area contributed by atoms with Crippen LogP contribution in [0.3, 0.4) is 0 Å². The molecule has 2 aromatic rings. The number of amides is 1. The van der Waals surface area contributed by atoms with E-state index in [0.29, 0.717) is 11.6 Å². The van der Waals surface area contributed by atoms with Crippen LogP contribution in [-0.4, -0.2) is 32.1 Å². The number of fused-ring (bicyclic) bond motifs is 1. The molecule has 1 aromatic carbocycles. The van der Waals surface area contributed by atoms with Gasteiger partial charge in [-0.1, -0.05) is 42.4 Å². The van der Waals surface area contributed by atoms with Crippen molar-refractivity contribution in [1.29, 1.82) is 0 Å². The van der Waals surface area contributed by atoms with Crippen LogP contribution in [0.1, 0.15) is 23.6 Å². The molecule has 1 atom stereocenters. The van der Waals surface area contributed by atoms with Gasteiger partial charge in [-0.3, -0.25) is 4.79 Å². The fourth-order valence-electron chi connectivity index (χ4n) is 2.96. The van der Waals surface area contributed by atoms with Gasteiger partial charge in [0.05, 0.1) is 12.6 Å². The molecule has 6 heteroatoms. The first-order valence-electron chi connectivity index (χ1n) is 7.18. The minimum absolute atomic E-state index is 0.0333. The molecule has 0 spiro atoms. The molecule has 5 nitrogen and oxygen atoms in total. The predicted octanol–water partition coefficient (Wildman–Crippen LogP) is 2.55. The van der Waals surface area contributed by atoms with Crippen molar-refractivity contribution in [3.05, 3.63) is 59.7 Å². The fraction of sp³-hybridized carbons (Fsp3) is 0.312. The molecule has 1 amide bonds. The van der Waals surface area contributed by atoms with Crippen LogP contribution < -0.4 is 0 Å². The Morgan fingerprint density at radius 1 is 1.45 bits per heavy atom. The average molecular weight is 317 g/mol. The van der Waals surface area contributed by atoms with Crippen LogP contribution in [-0.2, 0) is 17.8 Å². The molecule has 1 aliphatic carbocycles. The van der Waals surface area contributed by atoms with Crippen molar-refractivity contribution in [2.45, 2.75) is 25.4 Å². The van der Waals surface area contributed by atoms with Crippen LogP contribution in [0.2, 0.25) is 0 Å². The Hall–Kier alpha value is -2.14. The van der Waals surface area contributed by atoms with Crippen molar-refractivity contribution in [3.63, 3.8) is 0 Å². The number of halogens is 1. The maximum atomic E-state index is 12.7. The molecular formula is C16H17ClN4O. The van der Waals surface area contributed by atoms with Crippen molar-refractivity contribution in [1.82, 2.24) is 19.7 Å². The summed E-state index contributed by atoms with van der Waals surface area (Å²) in [6, 6.07) is 8.28. The number of hydrogen-bond donors (Lipinski definition) is 0. The van der Waals surface area contributed by atoms with Crippen LogP contribution in [0.4, 0.5) is 0 Å². The molecule has 0 radical (unpaired) electrons. The Morgan fingerprint density at radius 3 is 3.00 bits per heavy atom. The van der Waals surface area contributed by atoms with Crippen molar-refractivity contribution < 1.29 is 4.79 Å². The van der Waals surface area contributed by atoms with Gasteiger partial charge in [0.1, 0.15) is 19.2 Å². The van der Waals surface area contributed by atoms with Gasteiger partial charge in [-0.2, -0.15) is 5.10 Å². The fourth-order valence-corrected chi connectivity index (χ4v) is 3.09. The van der Waals surface area contributed by atoms with Crippen LogP contribution in [0, 0.1) is 0 Å². The number of hydrogen-bond acceptors (Lipinski definition) is 3. The standard InChI is InChI=1S/C16H17ClN4O/c1-12(17)8-21(16(22)9-20-11-18-10-19-20)15-7-6-13-4-2-3-5-14(13)15/h2-5,10-11,15H,1,6-9H2/t15-/m0/s1. The van der Waals surface area contributed by atoms with Crippen molar-refractivity contribution in [2.24, 2.45) is 0 Å². The van der Waals surface area contributed by atoms with E-state index in [1.165, 1.54) is 28.5 Å². The summed E-state index contributed by atoms with van der Waals surface area (Å²) in [5.74, 6) is -0.0333. The number of carbonyl (C=O) groups is 1. The largest absolute Gasteiger partial charge is 0.329 e. The molecule has 0 bridgehead atoms. The monoisotopic (exact) mass is 316 g/mol. The summed E-state index contributed by atoms with van der Waals surface area (Å²) in [6.45, 7) is 4.24. The molecule has 1 aromatic heterocycles. The van der Waals surface area contributed by atoms with Crippen molar-refractivity contribution in [2.75, 3.05) is 6.54 Å². The summed E-state index contributed by atoms with van der Waals surface area (Å²) < 4.78 is 1.52. The lowest BCUT2D eigenvalue weighted by Gasteiger charge is -2.29. The summed E-state index contributed by atoms with van der Waals surface area (Å²) >= 11 is 5.98. The number of rotatable bonds is 5. The van der Waals surface area contributed by atoms with Gasteiger partial charge in [-0.05, 0) is 24.0 Å². The molecule has 0 aliphatic heterocycles. The lowest BCUT2D eigenvalue weighted by atomic mass is 10.1. The summed E-state index contributed by atoms with van der Waals surface area (Å²) in [6.07, 6.45) is 4.84. The summed E-state index contributed by atoms with van der Waals surface area (Å²) in [7, 11) is 0. The smallest absolute Gasteiger partial charge is 0.245 e. The van der Waals surface area contributed by atoms with Gasteiger partial charge >= 0.3 is 0 Å². The van der Waals surface area contributed by atoms with E-state index in [-0.39, 0.29) is 18.5 Å². The second-order valence-corrected chi connectivity index (χ2v) is 5.92. The SMILES string of the molecule is C=C(Cl)CN(C(=O)Cn1cncn1)[C@H]1CCc2ccccc21. The molecule has 0 fully saturated rings. The third-order valence-electron chi connectivity index (χ3n) is 3.90. The van der Waals surface area contributed by atoms with E-state index in [1.54, 1.807) is 4.90 Å². The third kappa shape index (κ3) is 3.04. The topological polar surface area (TPSA) is 51.0 Å². The molecule has 22 heavy (non-hydrogen) atoms. The first-order valence-corrected chi connectivity index (χ1v) is 7.56. The van der Waals surface area contributed by atoms with Gasteiger partial charge in [-0.25, -0.2) is 9.67 Å². The Morgan fingerprint density at radius 2 is 2.27 bits per heavy atom. The molecule has 1 heterocycles. The lowest BCUT2D eigenvalue weighted by Crippen LogP contribution is -2.37. The Kier molecular flexibility index (Phi) is 4.24. The summed E-state index contributed by atoms with van der Waals surface area (Å²) in [4.78, 5) is 18.3. The Balaban J connectivity index is 1.84. The van der Waals surface area contributed by atoms with Crippen molar-refractivity contribution in [3.8, 4) is 0 Å². The maximum Gasteiger partial charge on any atom is 0.245 e. The first kappa shape index (κ1) is 14.8. The highest BCUT2D eigenvalue weighted by molar-refractivity contribution is 6.29. The van der Waals surface area contributed by atoms with E-state index < -0.39 is 0 Å². The van der Waals surface area contributed by atoms with Gasteiger partial charge in [-0.15, -0.1) is 0 Å². The van der Waals surface area contributed by atoms with Crippen LogP contribution in [0.15, 0.2) is 48.5 Å². The zero-order valence-corrected chi connectivity index (χ0v) is 12.9. The molecule has 0 unspecified atom stereocenters. The van der Waals surface area contributed by atoms with E-state index in [4.69, 9.17) is 11.6 Å². The lowest BCUT2D eigenvalue weighted by molar-refractivity contribution is -0.134. The van der Waals surface area contributed by atoms with E-state index in [1.807, 2.05) is 12.1 Å². The van der Waals surface area contributed by atoms with Gasteiger partial charge in [0.2, 0.25) is 5.91 Å². The zero-order chi connectivity index (χ0) is 15.5. The van der Waals surface area contributed by atoms with E-state index in [0.717, 1.165) is 12.8 Å².